The van der Waals surface area contributed by atoms with Crippen molar-refractivity contribution in [2.75, 3.05) is 6.61 Å². The van der Waals surface area contributed by atoms with Gasteiger partial charge < -0.3 is 19.8 Å². The van der Waals surface area contributed by atoms with E-state index in [1.165, 1.54) is 19.1 Å². The lowest BCUT2D eigenvalue weighted by Crippen LogP contribution is -2.77. The summed E-state index contributed by atoms with van der Waals surface area (Å²) in [6, 6.07) is 20.4. The van der Waals surface area contributed by atoms with E-state index in [0.717, 1.165) is 9.80 Å². The highest BCUT2D eigenvalue weighted by molar-refractivity contribution is 6.23. The monoisotopic (exact) mass is 514 g/mol. The van der Waals surface area contributed by atoms with E-state index in [1.807, 2.05) is 12.1 Å². The maximum Gasteiger partial charge on any atom is 0.332 e. The molecule has 0 bridgehead atoms. The van der Waals surface area contributed by atoms with Crippen molar-refractivity contribution in [3.8, 4) is 0 Å². The van der Waals surface area contributed by atoms with Gasteiger partial charge in [0.05, 0.1) is 29.9 Å². The molecule has 194 valence electrons. The zero-order valence-corrected chi connectivity index (χ0v) is 20.5. The van der Waals surface area contributed by atoms with E-state index < -0.39 is 60.6 Å². The van der Waals surface area contributed by atoms with Gasteiger partial charge in [0.2, 0.25) is 5.91 Å². The van der Waals surface area contributed by atoms with Gasteiger partial charge in [-0.3, -0.25) is 19.3 Å². The molecule has 5 rings (SSSR count). The molecular weight excluding hydrogens is 488 g/mol. The highest BCUT2D eigenvalue weighted by Gasteiger charge is 2.59. The zero-order chi connectivity index (χ0) is 27.0. The molecule has 1 saturated heterocycles. The number of benzene rings is 3. The van der Waals surface area contributed by atoms with Crippen molar-refractivity contribution < 1.29 is 34.1 Å². The summed E-state index contributed by atoms with van der Waals surface area (Å²) < 4.78 is 5.88. The van der Waals surface area contributed by atoms with Crippen LogP contribution in [0.5, 0.6) is 0 Å². The van der Waals surface area contributed by atoms with E-state index in [-0.39, 0.29) is 11.1 Å². The van der Waals surface area contributed by atoms with Crippen LogP contribution in [-0.4, -0.2) is 74.5 Å². The largest absolute Gasteiger partial charge is 0.451 e. The summed E-state index contributed by atoms with van der Waals surface area (Å²) in [5.41, 5.74) is 1.71. The Hall–Kier alpha value is -4.34. The molecule has 9 heteroatoms. The van der Waals surface area contributed by atoms with Gasteiger partial charge in [-0.05, 0) is 30.2 Å². The number of fused-ring (bicyclic) bond motifs is 1. The zero-order valence-electron chi connectivity index (χ0n) is 20.5. The molecule has 4 atom stereocenters. The molecule has 9 nitrogen and oxygen atoms in total. The first-order valence-electron chi connectivity index (χ1n) is 12.2. The van der Waals surface area contributed by atoms with Gasteiger partial charge in [-0.2, -0.15) is 0 Å². The second-order valence-electron chi connectivity index (χ2n) is 9.29. The van der Waals surface area contributed by atoms with E-state index in [2.05, 4.69) is 0 Å². The fourth-order valence-electron chi connectivity index (χ4n) is 5.14. The number of imide groups is 1. The number of ether oxygens (including phenoxy) is 1. The molecule has 0 radical (unpaired) electrons. The quantitative estimate of drug-likeness (QED) is 0.267. The maximum absolute atomic E-state index is 13.5. The minimum atomic E-state index is -1.47. The van der Waals surface area contributed by atoms with Crippen molar-refractivity contribution >= 4 is 23.7 Å². The van der Waals surface area contributed by atoms with Gasteiger partial charge in [-0.15, -0.1) is 0 Å². The summed E-state index contributed by atoms with van der Waals surface area (Å²) >= 11 is 0. The normalized spacial score (nSPS) is 20.3. The molecule has 2 aliphatic rings. The number of esters is 1. The molecule has 3 aromatic rings. The van der Waals surface area contributed by atoms with E-state index in [9.17, 15) is 29.4 Å². The number of hydrogen-bond donors (Lipinski definition) is 2. The lowest BCUT2D eigenvalue weighted by molar-refractivity contribution is -0.181. The van der Waals surface area contributed by atoms with Crippen LogP contribution in [0, 0.1) is 0 Å². The van der Waals surface area contributed by atoms with Crippen LogP contribution in [0.3, 0.4) is 0 Å². The molecule has 0 aliphatic carbocycles. The predicted octanol–water partition coefficient (Wildman–Crippen LogP) is 1.94. The average molecular weight is 515 g/mol. The van der Waals surface area contributed by atoms with Crippen LogP contribution in [0.1, 0.15) is 44.9 Å². The molecule has 3 unspecified atom stereocenters. The third kappa shape index (κ3) is 4.15. The van der Waals surface area contributed by atoms with Crippen LogP contribution in [0.2, 0.25) is 0 Å². The van der Waals surface area contributed by atoms with Crippen molar-refractivity contribution in [1.82, 2.24) is 9.80 Å². The summed E-state index contributed by atoms with van der Waals surface area (Å²) in [5.74, 6) is -2.92. The van der Waals surface area contributed by atoms with Crippen LogP contribution < -0.4 is 0 Å². The van der Waals surface area contributed by atoms with Crippen LogP contribution in [0.25, 0.3) is 0 Å². The topological polar surface area (TPSA) is 124 Å². The van der Waals surface area contributed by atoms with Gasteiger partial charge >= 0.3 is 5.97 Å². The Balaban J connectivity index is 1.42. The summed E-state index contributed by atoms with van der Waals surface area (Å²) in [5, 5.41) is 20.7. The number of rotatable bonds is 8. The number of aliphatic hydroxyl groups excluding tert-OH is 2. The van der Waals surface area contributed by atoms with Crippen molar-refractivity contribution in [2.45, 2.75) is 37.3 Å². The third-order valence-corrected chi connectivity index (χ3v) is 6.96. The fraction of sp³-hybridized carbons (Fsp3) is 0.241. The fourth-order valence-corrected chi connectivity index (χ4v) is 5.14. The number of likely N-dealkylation sites (tertiary alicyclic amines) is 1. The Morgan fingerprint density at radius 1 is 0.842 bits per heavy atom. The minimum absolute atomic E-state index is 0.167. The van der Waals surface area contributed by atoms with Gasteiger partial charge in [0.1, 0.15) is 6.04 Å². The molecule has 2 N–H and O–H groups in total. The van der Waals surface area contributed by atoms with Crippen LogP contribution in [0.4, 0.5) is 0 Å². The van der Waals surface area contributed by atoms with Gasteiger partial charge in [0, 0.05) is 0 Å². The second kappa shape index (κ2) is 10.2. The lowest BCUT2D eigenvalue weighted by Gasteiger charge is -2.52. The minimum Gasteiger partial charge on any atom is -0.451 e. The average Bonchev–Trinajstić information content (AvgIpc) is 3.18. The number of hydrogen-bond acceptors (Lipinski definition) is 7. The number of amides is 3. The first kappa shape index (κ1) is 25.3. The summed E-state index contributed by atoms with van der Waals surface area (Å²) in [4.78, 5) is 54.7. The van der Waals surface area contributed by atoms with Gasteiger partial charge in [-0.1, -0.05) is 72.8 Å². The summed E-state index contributed by atoms with van der Waals surface area (Å²) in [6.45, 7) is 0.699. The molecule has 3 amide bonds. The number of aliphatic hydroxyl groups is 2. The Morgan fingerprint density at radius 3 is 1.76 bits per heavy atom. The SMILES string of the molecule is C[C@@H](O)C(C(=O)OC(c1ccccc1)c1ccccc1)N1C(=O)C(N2C(=O)c3ccccc3C2=O)C1CO. The number of carbonyl (C=O) groups is 4. The van der Waals surface area contributed by atoms with E-state index in [4.69, 9.17) is 4.74 Å². The number of nitrogens with zero attached hydrogens (tertiary/aromatic N) is 2. The first-order chi connectivity index (χ1) is 18.3. The molecule has 38 heavy (non-hydrogen) atoms. The van der Waals surface area contributed by atoms with Crippen molar-refractivity contribution in [2.24, 2.45) is 0 Å². The predicted molar refractivity (Wildman–Crippen MR) is 135 cm³/mol. The smallest absolute Gasteiger partial charge is 0.332 e. The van der Waals surface area contributed by atoms with Crippen LogP contribution >= 0.6 is 0 Å². The lowest BCUT2D eigenvalue weighted by atomic mass is 9.89. The van der Waals surface area contributed by atoms with Gasteiger partial charge in [0.25, 0.3) is 11.8 Å². The van der Waals surface area contributed by atoms with Gasteiger partial charge in [-0.25, -0.2) is 4.79 Å². The van der Waals surface area contributed by atoms with Gasteiger partial charge in [0.15, 0.2) is 12.1 Å². The van der Waals surface area contributed by atoms with E-state index >= 15 is 0 Å². The molecule has 0 spiro atoms. The number of β-lactam (4-membered cyclic amide) rings is 1. The van der Waals surface area contributed by atoms with Crippen LogP contribution in [0.15, 0.2) is 84.9 Å². The molecule has 0 aromatic heterocycles. The molecule has 2 heterocycles. The van der Waals surface area contributed by atoms with Crippen molar-refractivity contribution in [3.63, 3.8) is 0 Å². The molecule has 2 aliphatic heterocycles. The second-order valence-corrected chi connectivity index (χ2v) is 9.29. The van der Waals surface area contributed by atoms with Crippen molar-refractivity contribution in [3.05, 3.63) is 107 Å². The third-order valence-electron chi connectivity index (χ3n) is 6.96. The molecule has 0 saturated carbocycles. The Kier molecular flexibility index (Phi) is 6.79. The molecule has 3 aromatic carbocycles. The Morgan fingerprint density at radius 2 is 1.32 bits per heavy atom. The van der Waals surface area contributed by atoms with E-state index in [1.54, 1.807) is 60.7 Å². The maximum atomic E-state index is 13.5. The Bertz CT molecular complexity index is 1300. The highest BCUT2D eigenvalue weighted by Crippen LogP contribution is 2.36. The summed E-state index contributed by atoms with van der Waals surface area (Å²) in [7, 11) is 0. The van der Waals surface area contributed by atoms with Crippen molar-refractivity contribution in [1.29, 1.82) is 0 Å². The Labute approximate surface area is 218 Å². The summed E-state index contributed by atoms with van der Waals surface area (Å²) in [6.07, 6.45) is -2.18. The van der Waals surface area contributed by atoms with E-state index in [0.29, 0.717) is 11.1 Å². The standard InChI is InChI=1S/C29H26N2O7/c1-17(33)23(29(37)38-25(18-10-4-2-5-11-18)19-12-6-3-7-13-19)30-22(16-32)24(28(30)36)31-26(34)20-14-8-9-15-21(20)27(31)35/h2-15,17,22-25,32-33H,16H2,1H3/t17-,22?,23?,24?/m1/s1. The highest BCUT2D eigenvalue weighted by atomic mass is 16.5. The molecule has 1 fully saturated rings. The first-order valence-corrected chi connectivity index (χ1v) is 12.2. The van der Waals surface area contributed by atoms with Crippen LogP contribution in [-0.2, 0) is 14.3 Å². The molecular formula is C29H26N2O7. The number of carbonyl (C=O) groups excluding carboxylic acids is 4.